The summed E-state index contributed by atoms with van der Waals surface area (Å²) in [4.78, 5) is 8.28. The molecule has 5 nitrogen and oxygen atoms in total. The van der Waals surface area contributed by atoms with E-state index in [1.54, 1.807) is 6.20 Å². The molecule has 0 aliphatic rings. The van der Waals surface area contributed by atoms with Crippen LogP contribution in [0.4, 0.5) is 0 Å². The number of halogens is 1. The summed E-state index contributed by atoms with van der Waals surface area (Å²) in [6.45, 7) is 2.91. The zero-order valence-electron chi connectivity index (χ0n) is 14.4. The van der Waals surface area contributed by atoms with Gasteiger partial charge in [0.1, 0.15) is 6.61 Å². The van der Waals surface area contributed by atoms with Gasteiger partial charge in [-0.1, -0.05) is 48.0 Å². The molecule has 2 N–H and O–H groups in total. The van der Waals surface area contributed by atoms with Gasteiger partial charge < -0.3 is 15.2 Å². The van der Waals surface area contributed by atoms with Gasteiger partial charge in [-0.3, -0.25) is 4.98 Å². The highest BCUT2D eigenvalue weighted by Crippen LogP contribution is 2.33. The molecule has 1 atom stereocenters. The number of aromatic nitrogens is 2. The van der Waals surface area contributed by atoms with E-state index in [0.29, 0.717) is 35.6 Å². The van der Waals surface area contributed by atoms with Crippen LogP contribution in [0.1, 0.15) is 29.8 Å². The number of hydrogen-bond acceptors (Lipinski definition) is 5. The van der Waals surface area contributed by atoms with Crippen molar-refractivity contribution in [2.45, 2.75) is 19.6 Å². The molecule has 1 aromatic heterocycles. The Hall–Kier alpha value is -2.63. The lowest BCUT2D eigenvalue weighted by atomic mass is 10.0. The van der Waals surface area contributed by atoms with Crippen molar-refractivity contribution in [2.24, 2.45) is 5.73 Å². The number of ether oxygens (including phenoxy) is 2. The van der Waals surface area contributed by atoms with Crippen molar-refractivity contribution in [1.29, 1.82) is 0 Å². The molecule has 1 heterocycles. The normalized spacial score (nSPS) is 11.8. The van der Waals surface area contributed by atoms with Crippen molar-refractivity contribution in [3.63, 3.8) is 0 Å². The summed E-state index contributed by atoms with van der Waals surface area (Å²) in [5, 5.41) is 0.292. The van der Waals surface area contributed by atoms with Crippen molar-refractivity contribution in [2.75, 3.05) is 6.61 Å². The molecular weight excluding hydrogens is 350 g/mol. The molecule has 0 saturated carbocycles. The van der Waals surface area contributed by atoms with E-state index >= 15 is 0 Å². The zero-order valence-corrected chi connectivity index (χ0v) is 15.2. The Morgan fingerprint density at radius 1 is 1.00 bits per heavy atom. The fraction of sp³-hybridized carbons (Fsp3) is 0.200. The molecule has 0 spiro atoms. The number of nitrogens with zero attached hydrogens (tertiary/aromatic N) is 2. The maximum atomic E-state index is 6.33. The smallest absolute Gasteiger partial charge is 0.162 e. The van der Waals surface area contributed by atoms with Crippen molar-refractivity contribution in [1.82, 2.24) is 9.97 Å². The van der Waals surface area contributed by atoms with Crippen LogP contribution in [0.3, 0.4) is 0 Å². The molecular formula is C20H20ClN3O2. The molecule has 0 aliphatic heterocycles. The van der Waals surface area contributed by atoms with Gasteiger partial charge in [-0.05, 0) is 30.2 Å². The maximum absolute atomic E-state index is 6.33. The van der Waals surface area contributed by atoms with Crippen LogP contribution in [0, 0.1) is 0 Å². The van der Waals surface area contributed by atoms with Gasteiger partial charge in [0.2, 0.25) is 0 Å². The Bertz CT molecular complexity index is 859. The minimum atomic E-state index is -0.508. The van der Waals surface area contributed by atoms with Gasteiger partial charge in [0.15, 0.2) is 16.7 Å². The summed E-state index contributed by atoms with van der Waals surface area (Å²) in [5.74, 6) is 1.30. The SMILES string of the molecule is CCOc1ccc(C(N)c2nccnc2Cl)cc1OCc1ccccc1. The first-order chi connectivity index (χ1) is 12.7. The quantitative estimate of drug-likeness (QED) is 0.677. The minimum Gasteiger partial charge on any atom is -0.490 e. The van der Waals surface area contributed by atoms with Gasteiger partial charge in [0.25, 0.3) is 0 Å². The van der Waals surface area contributed by atoms with Crippen LogP contribution in [0.2, 0.25) is 5.15 Å². The average Bonchev–Trinajstić information content (AvgIpc) is 2.68. The Kier molecular flexibility index (Phi) is 6.04. The van der Waals surface area contributed by atoms with Crippen molar-refractivity contribution in [3.8, 4) is 11.5 Å². The largest absolute Gasteiger partial charge is 0.490 e. The Labute approximate surface area is 157 Å². The second-order valence-electron chi connectivity index (χ2n) is 5.62. The lowest BCUT2D eigenvalue weighted by molar-refractivity contribution is 0.269. The molecule has 3 aromatic rings. The topological polar surface area (TPSA) is 70.3 Å². The van der Waals surface area contributed by atoms with Crippen LogP contribution >= 0.6 is 11.6 Å². The summed E-state index contributed by atoms with van der Waals surface area (Å²) in [7, 11) is 0. The first-order valence-corrected chi connectivity index (χ1v) is 8.72. The van der Waals surface area contributed by atoms with Gasteiger partial charge in [0, 0.05) is 12.4 Å². The Morgan fingerprint density at radius 3 is 2.50 bits per heavy atom. The second-order valence-corrected chi connectivity index (χ2v) is 5.98. The summed E-state index contributed by atoms with van der Waals surface area (Å²) in [6.07, 6.45) is 3.10. The average molecular weight is 370 g/mol. The third-order valence-corrected chi connectivity index (χ3v) is 4.13. The van der Waals surface area contributed by atoms with E-state index in [1.165, 1.54) is 6.20 Å². The summed E-state index contributed by atoms with van der Waals surface area (Å²) in [6, 6.07) is 15.0. The fourth-order valence-corrected chi connectivity index (χ4v) is 2.76. The molecule has 6 heteroatoms. The summed E-state index contributed by atoms with van der Waals surface area (Å²) in [5.41, 5.74) is 8.74. The Balaban J connectivity index is 1.87. The van der Waals surface area contributed by atoms with Crippen LogP contribution < -0.4 is 15.2 Å². The predicted octanol–water partition coefficient (Wildman–Crippen LogP) is 4.16. The first-order valence-electron chi connectivity index (χ1n) is 8.34. The van der Waals surface area contributed by atoms with Gasteiger partial charge in [-0.15, -0.1) is 0 Å². The number of benzene rings is 2. The van der Waals surface area contributed by atoms with Gasteiger partial charge >= 0.3 is 0 Å². The maximum Gasteiger partial charge on any atom is 0.162 e. The monoisotopic (exact) mass is 369 g/mol. The Morgan fingerprint density at radius 2 is 1.77 bits per heavy atom. The second kappa shape index (κ2) is 8.65. The summed E-state index contributed by atoms with van der Waals surface area (Å²) < 4.78 is 11.7. The third kappa shape index (κ3) is 4.31. The lowest BCUT2D eigenvalue weighted by Crippen LogP contribution is -2.15. The highest BCUT2D eigenvalue weighted by atomic mass is 35.5. The standard InChI is InChI=1S/C20H20ClN3O2/c1-2-25-16-9-8-15(18(22)19-20(21)24-11-10-23-19)12-17(16)26-13-14-6-4-3-5-7-14/h3-12,18H,2,13,22H2,1H3. The van der Waals surface area contributed by atoms with Crippen molar-refractivity contribution < 1.29 is 9.47 Å². The molecule has 0 fully saturated rings. The molecule has 3 rings (SSSR count). The summed E-state index contributed by atoms with van der Waals surface area (Å²) >= 11 is 6.12. The van der Waals surface area contributed by atoms with E-state index in [4.69, 9.17) is 26.8 Å². The van der Waals surface area contributed by atoms with Crippen LogP contribution in [0.25, 0.3) is 0 Å². The highest BCUT2D eigenvalue weighted by Gasteiger charge is 2.17. The molecule has 0 bridgehead atoms. The van der Waals surface area contributed by atoms with E-state index in [1.807, 2.05) is 55.5 Å². The lowest BCUT2D eigenvalue weighted by Gasteiger charge is -2.17. The van der Waals surface area contributed by atoms with Crippen LogP contribution in [0.5, 0.6) is 11.5 Å². The number of hydrogen-bond donors (Lipinski definition) is 1. The van der Waals surface area contributed by atoms with Gasteiger partial charge in [-0.2, -0.15) is 0 Å². The molecule has 134 valence electrons. The molecule has 1 unspecified atom stereocenters. The third-order valence-electron chi connectivity index (χ3n) is 3.84. The van der Waals surface area contributed by atoms with Crippen LogP contribution in [0.15, 0.2) is 60.9 Å². The van der Waals surface area contributed by atoms with Crippen molar-refractivity contribution in [3.05, 3.63) is 82.9 Å². The zero-order chi connectivity index (χ0) is 18.4. The first kappa shape index (κ1) is 18.2. The van der Waals surface area contributed by atoms with E-state index in [-0.39, 0.29) is 0 Å². The predicted molar refractivity (Wildman–Crippen MR) is 101 cm³/mol. The van der Waals surface area contributed by atoms with E-state index in [2.05, 4.69) is 9.97 Å². The fourth-order valence-electron chi connectivity index (χ4n) is 2.54. The number of rotatable bonds is 7. The molecule has 0 amide bonds. The molecule has 0 radical (unpaired) electrons. The van der Waals surface area contributed by atoms with Gasteiger partial charge in [-0.25, -0.2) is 4.98 Å². The molecule has 2 aromatic carbocycles. The highest BCUT2D eigenvalue weighted by molar-refractivity contribution is 6.30. The van der Waals surface area contributed by atoms with E-state index < -0.39 is 6.04 Å². The molecule has 26 heavy (non-hydrogen) atoms. The minimum absolute atomic E-state index is 0.292. The van der Waals surface area contributed by atoms with Crippen molar-refractivity contribution >= 4 is 11.6 Å². The van der Waals surface area contributed by atoms with Crippen LogP contribution in [-0.2, 0) is 6.61 Å². The van der Waals surface area contributed by atoms with Gasteiger partial charge in [0.05, 0.1) is 18.3 Å². The van der Waals surface area contributed by atoms with E-state index in [9.17, 15) is 0 Å². The van der Waals surface area contributed by atoms with Crippen LogP contribution in [-0.4, -0.2) is 16.6 Å². The number of nitrogens with two attached hydrogens (primary N) is 1. The molecule has 0 aliphatic carbocycles. The van der Waals surface area contributed by atoms with E-state index in [0.717, 1.165) is 11.1 Å². The molecule has 0 saturated heterocycles.